The van der Waals surface area contributed by atoms with Crippen molar-refractivity contribution in [2.45, 2.75) is 0 Å². The number of rotatable bonds is 1. The predicted molar refractivity (Wildman–Crippen MR) is 38.8 cm³/mol. The lowest BCUT2D eigenvalue weighted by Gasteiger charge is -2.05. The summed E-state index contributed by atoms with van der Waals surface area (Å²) in [6.45, 7) is 0. The standard InChI is InChI=1S/C5H9N5O/c1-10(2)4(11)3-7-5(6)9-8-3/h1-2H3,(H3,6,7,8,9). The van der Waals surface area contributed by atoms with Gasteiger partial charge in [-0.15, -0.1) is 5.10 Å². The molecule has 0 unspecified atom stereocenters. The second kappa shape index (κ2) is 2.57. The van der Waals surface area contributed by atoms with Gasteiger partial charge in [-0.05, 0) is 0 Å². The van der Waals surface area contributed by atoms with E-state index in [1.54, 1.807) is 14.1 Å². The smallest absolute Gasteiger partial charge is 0.290 e. The van der Waals surface area contributed by atoms with Gasteiger partial charge in [0.1, 0.15) is 0 Å². The number of nitrogens with two attached hydrogens (primary N) is 1. The maximum absolute atomic E-state index is 11.1. The van der Waals surface area contributed by atoms with Gasteiger partial charge >= 0.3 is 0 Å². The SMILES string of the molecule is CN(C)C(=O)c1nc(N)n[nH]1. The van der Waals surface area contributed by atoms with Crippen molar-refractivity contribution in [2.24, 2.45) is 0 Å². The molecule has 1 rings (SSSR count). The Labute approximate surface area is 63.4 Å². The van der Waals surface area contributed by atoms with Crippen LogP contribution in [-0.4, -0.2) is 40.1 Å². The predicted octanol–water partition coefficient (Wildman–Crippen LogP) is -0.911. The molecule has 0 atom stereocenters. The van der Waals surface area contributed by atoms with Crippen molar-refractivity contribution in [3.05, 3.63) is 5.82 Å². The molecule has 0 radical (unpaired) electrons. The van der Waals surface area contributed by atoms with Gasteiger partial charge in [0, 0.05) is 14.1 Å². The topological polar surface area (TPSA) is 87.9 Å². The number of nitrogens with zero attached hydrogens (tertiary/aromatic N) is 3. The van der Waals surface area contributed by atoms with Gasteiger partial charge < -0.3 is 10.6 Å². The van der Waals surface area contributed by atoms with Gasteiger partial charge in [0.15, 0.2) is 0 Å². The molecule has 6 nitrogen and oxygen atoms in total. The van der Waals surface area contributed by atoms with Crippen molar-refractivity contribution in [3.63, 3.8) is 0 Å². The third-order valence-electron chi connectivity index (χ3n) is 1.11. The zero-order valence-corrected chi connectivity index (χ0v) is 6.33. The number of nitrogens with one attached hydrogen (secondary N) is 1. The van der Waals surface area contributed by atoms with Crippen LogP contribution in [0, 0.1) is 0 Å². The van der Waals surface area contributed by atoms with Crippen LogP contribution in [0.2, 0.25) is 0 Å². The highest BCUT2D eigenvalue weighted by molar-refractivity contribution is 5.90. The molecule has 0 bridgehead atoms. The molecule has 0 aromatic carbocycles. The third kappa shape index (κ3) is 1.46. The Balaban J connectivity index is 2.85. The summed E-state index contributed by atoms with van der Waals surface area (Å²) in [4.78, 5) is 16.1. The van der Waals surface area contributed by atoms with E-state index in [9.17, 15) is 4.79 Å². The van der Waals surface area contributed by atoms with E-state index < -0.39 is 0 Å². The van der Waals surface area contributed by atoms with Crippen LogP contribution in [0.4, 0.5) is 5.95 Å². The number of aromatic nitrogens is 3. The zero-order valence-electron chi connectivity index (χ0n) is 6.33. The number of carbonyl (C=O) groups is 1. The largest absolute Gasteiger partial charge is 0.366 e. The summed E-state index contributed by atoms with van der Waals surface area (Å²) in [5.74, 6) is -0.00287. The number of hydrogen-bond acceptors (Lipinski definition) is 4. The zero-order chi connectivity index (χ0) is 8.43. The fourth-order valence-electron chi connectivity index (χ4n) is 0.582. The molecule has 0 spiro atoms. The Morgan fingerprint density at radius 3 is 2.64 bits per heavy atom. The molecular formula is C5H9N5O. The van der Waals surface area contributed by atoms with Crippen LogP contribution in [0.1, 0.15) is 10.6 Å². The van der Waals surface area contributed by atoms with Gasteiger partial charge in [-0.1, -0.05) is 0 Å². The number of amides is 1. The monoisotopic (exact) mass is 155 g/mol. The number of H-pyrrole nitrogens is 1. The van der Waals surface area contributed by atoms with Crippen LogP contribution < -0.4 is 5.73 Å². The number of aromatic amines is 1. The van der Waals surface area contributed by atoms with E-state index in [0.29, 0.717) is 0 Å². The molecule has 1 amide bonds. The lowest BCUT2D eigenvalue weighted by Crippen LogP contribution is -2.22. The van der Waals surface area contributed by atoms with E-state index >= 15 is 0 Å². The highest BCUT2D eigenvalue weighted by Crippen LogP contribution is 1.95. The number of hydrogen-bond donors (Lipinski definition) is 2. The molecule has 6 heteroatoms. The summed E-state index contributed by atoms with van der Waals surface area (Å²) in [6.07, 6.45) is 0. The minimum Gasteiger partial charge on any atom is -0.366 e. The molecule has 1 aromatic heterocycles. The quantitative estimate of drug-likeness (QED) is 0.549. The molecule has 60 valence electrons. The second-order valence-electron chi connectivity index (χ2n) is 2.24. The van der Waals surface area contributed by atoms with Crippen LogP contribution >= 0.6 is 0 Å². The highest BCUT2D eigenvalue weighted by atomic mass is 16.2. The summed E-state index contributed by atoms with van der Waals surface area (Å²) in [6, 6.07) is 0. The lowest BCUT2D eigenvalue weighted by molar-refractivity contribution is 0.0816. The molecule has 0 aliphatic carbocycles. The van der Waals surface area contributed by atoms with Crippen LogP contribution in [0.15, 0.2) is 0 Å². The number of carbonyl (C=O) groups excluding carboxylic acids is 1. The van der Waals surface area contributed by atoms with Gasteiger partial charge in [0.25, 0.3) is 5.91 Å². The van der Waals surface area contributed by atoms with Crippen molar-refractivity contribution in [1.82, 2.24) is 20.1 Å². The molecule has 0 aliphatic rings. The van der Waals surface area contributed by atoms with E-state index in [1.807, 2.05) is 0 Å². The molecule has 1 aromatic rings. The van der Waals surface area contributed by atoms with E-state index in [2.05, 4.69) is 15.2 Å². The fraction of sp³-hybridized carbons (Fsp3) is 0.400. The van der Waals surface area contributed by atoms with E-state index in [4.69, 9.17) is 5.73 Å². The van der Waals surface area contributed by atoms with Crippen LogP contribution in [-0.2, 0) is 0 Å². The first-order valence-electron chi connectivity index (χ1n) is 3.01. The van der Waals surface area contributed by atoms with Crippen LogP contribution in [0.3, 0.4) is 0 Å². The first kappa shape index (κ1) is 7.52. The fourth-order valence-corrected chi connectivity index (χ4v) is 0.582. The summed E-state index contributed by atoms with van der Waals surface area (Å²) >= 11 is 0. The van der Waals surface area contributed by atoms with E-state index in [1.165, 1.54) is 4.90 Å². The Kier molecular flexibility index (Phi) is 1.75. The summed E-state index contributed by atoms with van der Waals surface area (Å²) in [5.41, 5.74) is 5.19. The van der Waals surface area contributed by atoms with E-state index in [-0.39, 0.29) is 17.7 Å². The van der Waals surface area contributed by atoms with Gasteiger partial charge in [-0.25, -0.2) is 0 Å². The Hall–Kier alpha value is -1.59. The van der Waals surface area contributed by atoms with Crippen molar-refractivity contribution in [2.75, 3.05) is 19.8 Å². The average molecular weight is 155 g/mol. The number of nitrogen functional groups attached to an aromatic ring is 1. The molecular weight excluding hydrogens is 146 g/mol. The normalized spacial score (nSPS) is 9.64. The molecule has 0 saturated carbocycles. The molecule has 0 fully saturated rings. The van der Waals surface area contributed by atoms with Gasteiger partial charge in [-0.2, -0.15) is 4.98 Å². The van der Waals surface area contributed by atoms with Gasteiger partial charge in [0.05, 0.1) is 0 Å². The third-order valence-corrected chi connectivity index (χ3v) is 1.11. The summed E-state index contributed by atoms with van der Waals surface area (Å²) in [5, 5.41) is 5.92. The highest BCUT2D eigenvalue weighted by Gasteiger charge is 2.11. The minimum atomic E-state index is -0.241. The van der Waals surface area contributed by atoms with Gasteiger partial charge in [-0.3, -0.25) is 9.89 Å². The Morgan fingerprint density at radius 1 is 1.64 bits per heavy atom. The molecule has 3 N–H and O–H groups in total. The van der Waals surface area contributed by atoms with Crippen molar-refractivity contribution in [1.29, 1.82) is 0 Å². The Morgan fingerprint density at radius 2 is 2.27 bits per heavy atom. The number of anilines is 1. The second-order valence-corrected chi connectivity index (χ2v) is 2.24. The van der Waals surface area contributed by atoms with Crippen LogP contribution in [0.5, 0.6) is 0 Å². The van der Waals surface area contributed by atoms with Crippen molar-refractivity contribution >= 4 is 11.9 Å². The average Bonchev–Trinajstić information content (AvgIpc) is 2.34. The molecule has 11 heavy (non-hydrogen) atoms. The Bertz CT molecular complexity index is 266. The maximum atomic E-state index is 11.1. The molecule has 0 aliphatic heterocycles. The van der Waals surface area contributed by atoms with Crippen LogP contribution in [0.25, 0.3) is 0 Å². The first-order chi connectivity index (χ1) is 5.11. The minimum absolute atomic E-state index is 0.0789. The summed E-state index contributed by atoms with van der Waals surface area (Å²) < 4.78 is 0. The first-order valence-corrected chi connectivity index (χ1v) is 3.01. The molecule has 1 heterocycles. The maximum Gasteiger partial charge on any atom is 0.290 e. The molecule has 0 saturated heterocycles. The van der Waals surface area contributed by atoms with Crippen molar-refractivity contribution < 1.29 is 4.79 Å². The van der Waals surface area contributed by atoms with Gasteiger partial charge in [0.2, 0.25) is 11.8 Å². The lowest BCUT2D eigenvalue weighted by atomic mass is 10.5. The van der Waals surface area contributed by atoms with Crippen molar-refractivity contribution in [3.8, 4) is 0 Å². The summed E-state index contributed by atoms with van der Waals surface area (Å²) in [7, 11) is 3.25. The van der Waals surface area contributed by atoms with E-state index in [0.717, 1.165) is 0 Å².